The van der Waals surface area contributed by atoms with E-state index in [0.29, 0.717) is 17.2 Å². The van der Waals surface area contributed by atoms with Crippen molar-refractivity contribution in [3.05, 3.63) is 54.4 Å². The number of hydrogen-bond acceptors (Lipinski definition) is 5. The van der Waals surface area contributed by atoms with Gasteiger partial charge in [0, 0.05) is 31.0 Å². The van der Waals surface area contributed by atoms with Gasteiger partial charge >= 0.3 is 0 Å². The van der Waals surface area contributed by atoms with E-state index in [-0.39, 0.29) is 35.6 Å². The van der Waals surface area contributed by atoms with E-state index in [1.807, 2.05) is 11.9 Å². The maximum absolute atomic E-state index is 12.7. The zero-order valence-electron chi connectivity index (χ0n) is 16.1. The third-order valence-electron chi connectivity index (χ3n) is 4.74. The Morgan fingerprint density at radius 2 is 1.66 bits per heavy atom. The number of hydrogen-bond donors (Lipinski definition) is 2. The van der Waals surface area contributed by atoms with Crippen LogP contribution in [0, 0.1) is 5.92 Å². The molecule has 2 aromatic rings. The summed E-state index contributed by atoms with van der Waals surface area (Å²) in [5, 5.41) is 3.18. The summed E-state index contributed by atoms with van der Waals surface area (Å²) in [6.45, 7) is 2.43. The highest BCUT2D eigenvalue weighted by Crippen LogP contribution is 2.20. The Hall–Kier alpha value is -1.87. The van der Waals surface area contributed by atoms with Gasteiger partial charge in [0.1, 0.15) is 0 Å². The third kappa shape index (κ3) is 6.57. The van der Waals surface area contributed by atoms with Crippen molar-refractivity contribution in [1.82, 2.24) is 15.2 Å². The van der Waals surface area contributed by atoms with Crippen molar-refractivity contribution < 1.29 is 13.2 Å². The van der Waals surface area contributed by atoms with Crippen LogP contribution in [0.25, 0.3) is 0 Å². The minimum atomic E-state index is -3.70. The molecule has 29 heavy (non-hydrogen) atoms. The van der Waals surface area contributed by atoms with Gasteiger partial charge in [0.2, 0.25) is 0 Å². The summed E-state index contributed by atoms with van der Waals surface area (Å²) in [6, 6.07) is 9.22. The predicted octanol–water partition coefficient (Wildman–Crippen LogP) is 2.80. The molecule has 3 rings (SSSR count). The summed E-state index contributed by atoms with van der Waals surface area (Å²) in [5.41, 5.74) is 0.944. The molecule has 0 bridgehead atoms. The summed E-state index contributed by atoms with van der Waals surface area (Å²) in [5.74, 6) is 0.551. The molecule has 0 spiro atoms. The average Bonchev–Trinajstić information content (AvgIpc) is 2.69. The van der Waals surface area contributed by atoms with Crippen LogP contribution >= 0.6 is 24.8 Å². The first-order valence-electron chi connectivity index (χ1n) is 8.96. The van der Waals surface area contributed by atoms with Gasteiger partial charge in [0.05, 0.1) is 10.6 Å². The minimum absolute atomic E-state index is 0. The molecular weight excluding hydrogens is 435 g/mol. The number of nitrogens with one attached hydrogen (secondary N) is 2. The fourth-order valence-corrected chi connectivity index (χ4v) is 4.28. The van der Waals surface area contributed by atoms with Crippen LogP contribution in [-0.4, -0.2) is 50.9 Å². The number of halogens is 2. The van der Waals surface area contributed by atoms with Gasteiger partial charge in [-0.3, -0.25) is 14.5 Å². The maximum atomic E-state index is 12.7. The van der Waals surface area contributed by atoms with Gasteiger partial charge < -0.3 is 10.2 Å². The second-order valence-corrected chi connectivity index (χ2v) is 8.34. The van der Waals surface area contributed by atoms with Gasteiger partial charge in [-0.1, -0.05) is 0 Å². The normalized spacial score (nSPS) is 14.4. The molecule has 0 unspecified atom stereocenters. The highest BCUT2D eigenvalue weighted by atomic mass is 35.5. The molecule has 1 aliphatic rings. The second-order valence-electron chi connectivity index (χ2n) is 6.66. The molecule has 1 aromatic carbocycles. The Labute approximate surface area is 184 Å². The number of rotatable bonds is 6. The number of nitrogens with zero attached hydrogens (tertiary/aromatic N) is 2. The number of pyridine rings is 1. The number of carbonyl (C=O) groups excluding carboxylic acids is 1. The van der Waals surface area contributed by atoms with Gasteiger partial charge in [0.15, 0.2) is 0 Å². The van der Waals surface area contributed by atoms with E-state index >= 15 is 0 Å². The monoisotopic (exact) mass is 460 g/mol. The van der Waals surface area contributed by atoms with Crippen LogP contribution in [-0.2, 0) is 10.0 Å². The molecule has 10 heteroatoms. The highest BCUT2D eigenvalue weighted by Gasteiger charge is 2.23. The lowest BCUT2D eigenvalue weighted by molar-refractivity contribution is 0.0691. The lowest BCUT2D eigenvalue weighted by Crippen LogP contribution is -2.40. The molecule has 1 aliphatic heterocycles. The van der Waals surface area contributed by atoms with Gasteiger partial charge in [-0.15, -0.1) is 24.8 Å². The second kappa shape index (κ2) is 11.3. The fraction of sp³-hybridized carbons (Fsp3) is 0.368. The fourth-order valence-electron chi connectivity index (χ4n) is 3.22. The largest absolute Gasteiger partial charge is 0.339 e. The van der Waals surface area contributed by atoms with E-state index in [2.05, 4.69) is 15.0 Å². The molecule has 0 radical (unpaired) electrons. The topological polar surface area (TPSA) is 91.4 Å². The van der Waals surface area contributed by atoms with Crippen molar-refractivity contribution in [3.8, 4) is 0 Å². The van der Waals surface area contributed by atoms with Crippen molar-refractivity contribution in [3.63, 3.8) is 0 Å². The van der Waals surface area contributed by atoms with Crippen LogP contribution in [0.1, 0.15) is 23.2 Å². The van der Waals surface area contributed by atoms with E-state index in [1.54, 1.807) is 24.3 Å². The zero-order valence-corrected chi connectivity index (χ0v) is 18.5. The van der Waals surface area contributed by atoms with E-state index < -0.39 is 10.0 Å². The number of aromatic nitrogens is 1. The van der Waals surface area contributed by atoms with Gasteiger partial charge in [-0.2, -0.15) is 0 Å². The quantitative estimate of drug-likeness (QED) is 0.691. The number of anilines is 1. The number of sulfonamides is 1. The lowest BCUT2D eigenvalue weighted by Gasteiger charge is -2.32. The number of carbonyl (C=O) groups is 1. The molecule has 7 nitrogen and oxygen atoms in total. The van der Waals surface area contributed by atoms with E-state index in [0.717, 1.165) is 32.5 Å². The number of likely N-dealkylation sites (tertiary alicyclic amines) is 1. The third-order valence-corrected chi connectivity index (χ3v) is 6.14. The first kappa shape index (κ1) is 25.2. The molecule has 0 atom stereocenters. The predicted molar refractivity (Wildman–Crippen MR) is 119 cm³/mol. The summed E-state index contributed by atoms with van der Waals surface area (Å²) < 4.78 is 27.4. The Morgan fingerprint density at radius 3 is 2.21 bits per heavy atom. The van der Waals surface area contributed by atoms with Gasteiger partial charge in [0.25, 0.3) is 15.9 Å². The molecule has 0 aliphatic carbocycles. The zero-order chi connectivity index (χ0) is 19.3. The first-order valence-corrected chi connectivity index (χ1v) is 10.4. The van der Waals surface area contributed by atoms with Crippen LogP contribution in [0.4, 0.5) is 5.69 Å². The number of piperidine rings is 1. The molecule has 0 saturated carbocycles. The van der Waals surface area contributed by atoms with Crippen molar-refractivity contribution in [1.29, 1.82) is 0 Å². The highest BCUT2D eigenvalue weighted by molar-refractivity contribution is 7.92. The van der Waals surface area contributed by atoms with E-state index in [1.165, 1.54) is 24.5 Å². The lowest BCUT2D eigenvalue weighted by atomic mass is 9.96. The van der Waals surface area contributed by atoms with Crippen LogP contribution in [0.3, 0.4) is 0 Å². The Kier molecular flexibility index (Phi) is 9.85. The summed E-state index contributed by atoms with van der Waals surface area (Å²) >= 11 is 0. The van der Waals surface area contributed by atoms with Crippen molar-refractivity contribution in [2.45, 2.75) is 17.7 Å². The Balaban J connectivity index is 0.00000210. The minimum Gasteiger partial charge on any atom is -0.339 e. The average molecular weight is 461 g/mol. The SMILES string of the molecule is CNCC1CCN(C(=O)c2ccc(S(=O)(=O)Nc3ccncc3)cc2)CC1.Cl.Cl. The van der Waals surface area contributed by atoms with Crippen LogP contribution in [0.15, 0.2) is 53.7 Å². The smallest absolute Gasteiger partial charge is 0.261 e. The summed E-state index contributed by atoms with van der Waals surface area (Å²) in [6.07, 6.45) is 4.99. The molecule has 1 amide bonds. The van der Waals surface area contributed by atoms with E-state index in [4.69, 9.17) is 0 Å². The number of benzene rings is 1. The molecule has 1 aromatic heterocycles. The molecular formula is C19H26Cl2N4O3S. The number of amides is 1. The van der Waals surface area contributed by atoms with E-state index in [9.17, 15) is 13.2 Å². The first-order chi connectivity index (χ1) is 13.0. The van der Waals surface area contributed by atoms with Crippen LogP contribution < -0.4 is 10.0 Å². The molecule has 1 fully saturated rings. The Morgan fingerprint density at radius 1 is 1.07 bits per heavy atom. The van der Waals surface area contributed by atoms with Crippen molar-refractivity contribution >= 4 is 46.4 Å². The summed E-state index contributed by atoms with van der Waals surface area (Å²) in [7, 11) is -1.76. The molecule has 1 saturated heterocycles. The maximum Gasteiger partial charge on any atom is 0.261 e. The van der Waals surface area contributed by atoms with Gasteiger partial charge in [-0.05, 0) is 68.8 Å². The van der Waals surface area contributed by atoms with Gasteiger partial charge in [-0.25, -0.2) is 8.42 Å². The Bertz CT molecular complexity index is 872. The standard InChI is InChI=1S/C19H24N4O3S.2ClH/c1-20-14-15-8-12-23(13-9-15)19(24)16-2-4-18(5-3-16)27(25,26)22-17-6-10-21-11-7-17;;/h2-7,10-11,15,20H,8-9,12-14H2,1H3,(H,21,22);2*1H. The molecule has 160 valence electrons. The molecule has 2 N–H and O–H groups in total. The summed E-state index contributed by atoms with van der Waals surface area (Å²) in [4.78, 5) is 18.5. The van der Waals surface area contributed by atoms with Crippen molar-refractivity contribution in [2.24, 2.45) is 5.92 Å². The van der Waals surface area contributed by atoms with Crippen LogP contribution in [0.5, 0.6) is 0 Å². The van der Waals surface area contributed by atoms with Crippen molar-refractivity contribution in [2.75, 3.05) is 31.4 Å². The molecule has 2 heterocycles. The van der Waals surface area contributed by atoms with Crippen LogP contribution in [0.2, 0.25) is 0 Å².